The zero-order chi connectivity index (χ0) is 16.8. The molecule has 22 heavy (non-hydrogen) atoms. The van der Waals surface area contributed by atoms with Gasteiger partial charge in [0.05, 0.1) is 25.6 Å². The molecule has 4 heteroatoms. The highest BCUT2D eigenvalue weighted by molar-refractivity contribution is 5.79. The maximum absolute atomic E-state index is 12.1. The summed E-state index contributed by atoms with van der Waals surface area (Å²) in [7, 11) is 0. The summed E-state index contributed by atoms with van der Waals surface area (Å²) in [5, 5.41) is 0. The lowest BCUT2D eigenvalue weighted by Gasteiger charge is -2.16. The number of carbonyl (C=O) groups is 2. The number of rotatable bonds is 13. The minimum absolute atomic E-state index is 0.139. The van der Waals surface area contributed by atoms with Gasteiger partial charge in [-0.3, -0.25) is 9.59 Å². The van der Waals surface area contributed by atoms with E-state index in [9.17, 15) is 9.59 Å². The van der Waals surface area contributed by atoms with Crippen LogP contribution in [0.3, 0.4) is 0 Å². The molecule has 4 nitrogen and oxygen atoms in total. The first kappa shape index (κ1) is 20.9. The van der Waals surface area contributed by atoms with Crippen LogP contribution in [0.15, 0.2) is 0 Å². The zero-order valence-corrected chi connectivity index (χ0v) is 14.9. The van der Waals surface area contributed by atoms with Gasteiger partial charge in [0.2, 0.25) is 0 Å². The van der Waals surface area contributed by atoms with Gasteiger partial charge in [-0.1, -0.05) is 59.3 Å². The molecule has 0 aromatic heterocycles. The fourth-order valence-corrected chi connectivity index (χ4v) is 2.26. The molecule has 1 unspecified atom stereocenters. The van der Waals surface area contributed by atoms with Gasteiger partial charge in [0.15, 0.2) is 0 Å². The summed E-state index contributed by atoms with van der Waals surface area (Å²) in [6.07, 6.45) is 7.86. The average molecular weight is 314 g/mol. The molecule has 0 fully saturated rings. The summed E-state index contributed by atoms with van der Waals surface area (Å²) < 4.78 is 10.3. The second-order valence-electron chi connectivity index (χ2n) is 6.29. The molecule has 0 aliphatic rings. The Balaban J connectivity index is 4.20. The van der Waals surface area contributed by atoms with Gasteiger partial charge in [0, 0.05) is 0 Å². The lowest BCUT2D eigenvalue weighted by Crippen LogP contribution is -2.23. The standard InChI is InChI=1S/C18H34O4/c1-5-7-8-9-10-11-12-16(13-17(19)21-6-2)18(20)22-14-15(3)4/h15-16H,5-14H2,1-4H3. The van der Waals surface area contributed by atoms with Crippen molar-refractivity contribution in [2.45, 2.75) is 79.1 Å². The summed E-state index contributed by atoms with van der Waals surface area (Å²) in [5.74, 6) is -0.611. The van der Waals surface area contributed by atoms with Gasteiger partial charge < -0.3 is 9.47 Å². The monoisotopic (exact) mass is 314 g/mol. The van der Waals surface area contributed by atoms with Crippen molar-refractivity contribution in [3.05, 3.63) is 0 Å². The van der Waals surface area contributed by atoms with E-state index < -0.39 is 0 Å². The van der Waals surface area contributed by atoms with Gasteiger partial charge in [-0.25, -0.2) is 0 Å². The molecule has 0 saturated carbocycles. The summed E-state index contributed by atoms with van der Waals surface area (Å²) in [6.45, 7) is 8.73. The lowest BCUT2D eigenvalue weighted by atomic mass is 9.97. The molecule has 0 radical (unpaired) electrons. The Kier molecular flexibility index (Phi) is 12.9. The Morgan fingerprint density at radius 3 is 2.14 bits per heavy atom. The summed E-state index contributed by atoms with van der Waals surface area (Å²) in [6, 6.07) is 0. The van der Waals surface area contributed by atoms with E-state index in [1.807, 2.05) is 13.8 Å². The highest BCUT2D eigenvalue weighted by Crippen LogP contribution is 2.18. The van der Waals surface area contributed by atoms with Crippen molar-refractivity contribution in [3.63, 3.8) is 0 Å². The van der Waals surface area contributed by atoms with Crippen molar-refractivity contribution >= 4 is 11.9 Å². The molecule has 0 amide bonds. The van der Waals surface area contributed by atoms with Crippen LogP contribution in [-0.2, 0) is 19.1 Å². The molecule has 0 rings (SSSR count). The summed E-state index contributed by atoms with van der Waals surface area (Å²) in [4.78, 5) is 23.8. The number of unbranched alkanes of at least 4 members (excludes halogenated alkanes) is 5. The van der Waals surface area contributed by atoms with E-state index in [2.05, 4.69) is 6.92 Å². The quantitative estimate of drug-likeness (QED) is 0.371. The van der Waals surface area contributed by atoms with Gasteiger partial charge in [0.25, 0.3) is 0 Å². The first-order valence-corrected chi connectivity index (χ1v) is 8.83. The molecule has 0 heterocycles. The normalized spacial score (nSPS) is 12.2. The molecule has 1 atom stereocenters. The van der Waals surface area contributed by atoms with Crippen LogP contribution in [0.1, 0.15) is 79.1 Å². The third kappa shape index (κ3) is 11.6. The van der Waals surface area contributed by atoms with Crippen LogP contribution in [0.5, 0.6) is 0 Å². The molecule has 0 bridgehead atoms. The molecule has 0 aliphatic heterocycles. The van der Waals surface area contributed by atoms with E-state index in [1.54, 1.807) is 6.92 Å². The highest BCUT2D eigenvalue weighted by atomic mass is 16.5. The number of ether oxygens (including phenoxy) is 2. The van der Waals surface area contributed by atoms with Gasteiger partial charge in [-0.2, -0.15) is 0 Å². The van der Waals surface area contributed by atoms with Crippen LogP contribution in [0.2, 0.25) is 0 Å². The van der Waals surface area contributed by atoms with E-state index >= 15 is 0 Å². The summed E-state index contributed by atoms with van der Waals surface area (Å²) >= 11 is 0. The number of hydrogen-bond acceptors (Lipinski definition) is 4. The predicted molar refractivity (Wildman–Crippen MR) is 88.5 cm³/mol. The van der Waals surface area contributed by atoms with E-state index in [0.29, 0.717) is 25.6 Å². The molecular formula is C18H34O4. The van der Waals surface area contributed by atoms with Crippen LogP contribution in [0.25, 0.3) is 0 Å². The molecule has 0 spiro atoms. The smallest absolute Gasteiger partial charge is 0.309 e. The van der Waals surface area contributed by atoms with E-state index in [-0.39, 0.29) is 24.3 Å². The molecule has 0 aliphatic carbocycles. The zero-order valence-electron chi connectivity index (χ0n) is 14.9. The van der Waals surface area contributed by atoms with Crippen molar-refractivity contribution in [1.29, 1.82) is 0 Å². The number of hydrogen-bond donors (Lipinski definition) is 0. The van der Waals surface area contributed by atoms with Crippen molar-refractivity contribution < 1.29 is 19.1 Å². The SMILES string of the molecule is CCCCCCCCC(CC(=O)OCC)C(=O)OCC(C)C. The van der Waals surface area contributed by atoms with Gasteiger partial charge in [-0.05, 0) is 19.3 Å². The molecule has 0 N–H and O–H groups in total. The van der Waals surface area contributed by atoms with Crippen LogP contribution in [-0.4, -0.2) is 25.2 Å². The Hall–Kier alpha value is -1.06. The van der Waals surface area contributed by atoms with Crippen molar-refractivity contribution in [2.75, 3.05) is 13.2 Å². The maximum atomic E-state index is 12.1. The van der Waals surface area contributed by atoms with Gasteiger partial charge in [0.1, 0.15) is 0 Å². The fourth-order valence-electron chi connectivity index (χ4n) is 2.26. The topological polar surface area (TPSA) is 52.6 Å². The largest absolute Gasteiger partial charge is 0.466 e. The lowest BCUT2D eigenvalue weighted by molar-refractivity contribution is -0.156. The molecular weight excluding hydrogens is 280 g/mol. The summed E-state index contributed by atoms with van der Waals surface area (Å²) in [5.41, 5.74) is 0. The predicted octanol–water partition coefficient (Wildman–Crippen LogP) is 4.51. The first-order chi connectivity index (χ1) is 10.5. The van der Waals surface area contributed by atoms with E-state index in [0.717, 1.165) is 12.8 Å². The van der Waals surface area contributed by atoms with Crippen LogP contribution >= 0.6 is 0 Å². The van der Waals surface area contributed by atoms with Crippen LogP contribution in [0, 0.1) is 11.8 Å². The Morgan fingerprint density at radius 2 is 1.55 bits per heavy atom. The first-order valence-electron chi connectivity index (χ1n) is 8.83. The fraction of sp³-hybridized carbons (Fsp3) is 0.889. The van der Waals surface area contributed by atoms with Crippen LogP contribution in [0.4, 0.5) is 0 Å². The molecule has 130 valence electrons. The van der Waals surface area contributed by atoms with Crippen molar-refractivity contribution in [2.24, 2.45) is 11.8 Å². The molecule has 0 aromatic rings. The maximum Gasteiger partial charge on any atom is 0.309 e. The van der Waals surface area contributed by atoms with Gasteiger partial charge in [-0.15, -0.1) is 0 Å². The highest BCUT2D eigenvalue weighted by Gasteiger charge is 2.24. The Morgan fingerprint density at radius 1 is 0.909 bits per heavy atom. The van der Waals surface area contributed by atoms with E-state index in [1.165, 1.54) is 25.7 Å². The van der Waals surface area contributed by atoms with E-state index in [4.69, 9.17) is 9.47 Å². The second-order valence-corrected chi connectivity index (χ2v) is 6.29. The van der Waals surface area contributed by atoms with Crippen molar-refractivity contribution in [3.8, 4) is 0 Å². The second kappa shape index (κ2) is 13.6. The third-order valence-electron chi connectivity index (χ3n) is 3.52. The minimum atomic E-state index is -0.357. The number of esters is 2. The average Bonchev–Trinajstić information content (AvgIpc) is 2.47. The van der Waals surface area contributed by atoms with Crippen LogP contribution < -0.4 is 0 Å². The third-order valence-corrected chi connectivity index (χ3v) is 3.52. The Bertz CT molecular complexity index is 299. The molecule has 0 saturated heterocycles. The number of carbonyl (C=O) groups excluding carboxylic acids is 2. The van der Waals surface area contributed by atoms with Crippen molar-refractivity contribution in [1.82, 2.24) is 0 Å². The van der Waals surface area contributed by atoms with Gasteiger partial charge >= 0.3 is 11.9 Å². The molecule has 0 aromatic carbocycles. The Labute approximate surface area is 135 Å². The minimum Gasteiger partial charge on any atom is -0.466 e.